The predicted molar refractivity (Wildman–Crippen MR) is 115 cm³/mol. The number of aryl methyl sites for hydroxylation is 2. The van der Waals surface area contributed by atoms with Crippen molar-refractivity contribution in [2.45, 2.75) is 20.5 Å². The zero-order valence-electron chi connectivity index (χ0n) is 15.5. The highest BCUT2D eigenvalue weighted by atomic mass is 79.9. The van der Waals surface area contributed by atoms with Gasteiger partial charge >= 0.3 is 0 Å². The third-order valence-electron chi connectivity index (χ3n) is 4.13. The van der Waals surface area contributed by atoms with Crippen LogP contribution in [0.5, 0.6) is 5.75 Å². The minimum Gasteiger partial charge on any atom is -0.485 e. The zero-order valence-corrected chi connectivity index (χ0v) is 18.7. The molecular weight excluding hydrogens is 508 g/mol. The van der Waals surface area contributed by atoms with Crippen molar-refractivity contribution in [3.63, 3.8) is 0 Å². The van der Waals surface area contributed by atoms with Crippen molar-refractivity contribution in [3.8, 4) is 5.75 Å². The first kappa shape index (κ1) is 21.1. The number of nitrogens with zero attached hydrogens (tertiary/aromatic N) is 1. The number of ether oxygens (including phenoxy) is 1. The predicted octanol–water partition coefficient (Wildman–Crippen LogP) is 6.16. The molecule has 0 aliphatic rings. The Kier molecular flexibility index (Phi) is 6.39. The molecule has 0 saturated carbocycles. The van der Waals surface area contributed by atoms with Crippen LogP contribution in [0.4, 0.5) is 11.4 Å². The fourth-order valence-electron chi connectivity index (χ4n) is 2.71. The lowest BCUT2D eigenvalue weighted by atomic mass is 10.1. The number of anilines is 1. The Hall–Kier alpha value is -2.65. The van der Waals surface area contributed by atoms with E-state index in [9.17, 15) is 14.9 Å². The highest BCUT2D eigenvalue weighted by molar-refractivity contribution is 9.11. The summed E-state index contributed by atoms with van der Waals surface area (Å²) in [5.74, 6) is 0.897. The van der Waals surface area contributed by atoms with Crippen LogP contribution in [0.1, 0.15) is 27.4 Å². The van der Waals surface area contributed by atoms with Crippen LogP contribution in [0.25, 0.3) is 0 Å². The summed E-state index contributed by atoms with van der Waals surface area (Å²) in [4.78, 5) is 22.9. The molecule has 0 aliphatic carbocycles. The van der Waals surface area contributed by atoms with Gasteiger partial charge in [-0.2, -0.15) is 0 Å². The molecule has 0 aliphatic heterocycles. The Bertz CT molecular complexity index is 1050. The topological polar surface area (TPSA) is 94.6 Å². The average Bonchev–Trinajstić information content (AvgIpc) is 3.13. The standard InChI is InChI=1S/C20H16Br2N2O5/c1-11-4-3-5-12(2)19(11)28-10-14-6-7-17(29-14)20(25)23-18-15(21)8-13(24(26)27)9-16(18)22/h3-9H,10H2,1-2H3,(H,23,25). The molecule has 1 heterocycles. The number of non-ortho nitro benzene ring substituents is 1. The maximum absolute atomic E-state index is 12.5. The second kappa shape index (κ2) is 8.79. The largest absolute Gasteiger partial charge is 0.485 e. The Morgan fingerprint density at radius 3 is 2.34 bits per heavy atom. The maximum atomic E-state index is 12.5. The van der Waals surface area contributed by atoms with E-state index in [-0.39, 0.29) is 18.1 Å². The van der Waals surface area contributed by atoms with Crippen molar-refractivity contribution in [2.75, 3.05) is 5.32 Å². The molecule has 29 heavy (non-hydrogen) atoms. The smallest absolute Gasteiger partial charge is 0.291 e. The number of hydrogen-bond donors (Lipinski definition) is 1. The third kappa shape index (κ3) is 4.86. The highest BCUT2D eigenvalue weighted by Gasteiger charge is 2.18. The summed E-state index contributed by atoms with van der Waals surface area (Å²) in [6, 6.07) is 11.7. The Morgan fingerprint density at radius 2 is 1.76 bits per heavy atom. The number of carbonyl (C=O) groups is 1. The number of nitrogens with one attached hydrogen (secondary N) is 1. The van der Waals surface area contributed by atoms with Crippen LogP contribution in [-0.2, 0) is 6.61 Å². The first-order chi connectivity index (χ1) is 13.8. The molecule has 0 bridgehead atoms. The Balaban J connectivity index is 1.71. The van der Waals surface area contributed by atoms with Gasteiger partial charge < -0.3 is 14.5 Å². The van der Waals surface area contributed by atoms with E-state index >= 15 is 0 Å². The lowest BCUT2D eigenvalue weighted by molar-refractivity contribution is -0.385. The van der Waals surface area contributed by atoms with Crippen molar-refractivity contribution in [3.05, 3.63) is 84.2 Å². The second-order valence-corrected chi connectivity index (χ2v) is 7.98. The molecule has 0 radical (unpaired) electrons. The van der Waals surface area contributed by atoms with E-state index in [0.29, 0.717) is 20.4 Å². The second-order valence-electron chi connectivity index (χ2n) is 6.27. The van der Waals surface area contributed by atoms with Crippen LogP contribution in [0.15, 0.2) is 55.8 Å². The number of amides is 1. The van der Waals surface area contributed by atoms with Gasteiger partial charge in [0.25, 0.3) is 11.6 Å². The minimum absolute atomic E-state index is 0.0993. The van der Waals surface area contributed by atoms with Gasteiger partial charge in [-0.25, -0.2) is 0 Å². The van der Waals surface area contributed by atoms with E-state index in [4.69, 9.17) is 9.15 Å². The third-order valence-corrected chi connectivity index (χ3v) is 5.38. The summed E-state index contributed by atoms with van der Waals surface area (Å²) in [5.41, 5.74) is 2.29. The number of halogens is 2. The maximum Gasteiger partial charge on any atom is 0.291 e. The van der Waals surface area contributed by atoms with Crippen LogP contribution in [0.2, 0.25) is 0 Å². The molecule has 3 rings (SSSR count). The van der Waals surface area contributed by atoms with Crippen molar-refractivity contribution in [1.82, 2.24) is 0 Å². The lowest BCUT2D eigenvalue weighted by Crippen LogP contribution is -2.12. The monoisotopic (exact) mass is 522 g/mol. The SMILES string of the molecule is Cc1cccc(C)c1OCc1ccc(C(=O)Nc2c(Br)cc([N+](=O)[O-])cc2Br)o1. The molecular formula is C20H16Br2N2O5. The van der Waals surface area contributed by atoms with Crippen molar-refractivity contribution >= 4 is 49.1 Å². The molecule has 3 aromatic rings. The lowest BCUT2D eigenvalue weighted by Gasteiger charge is -2.10. The molecule has 7 nitrogen and oxygen atoms in total. The zero-order chi connectivity index (χ0) is 21.1. The number of furan rings is 1. The van der Waals surface area contributed by atoms with Gasteiger partial charge in [-0.15, -0.1) is 0 Å². The van der Waals surface area contributed by atoms with Crippen molar-refractivity contribution in [2.24, 2.45) is 0 Å². The van der Waals surface area contributed by atoms with Crippen molar-refractivity contribution < 1.29 is 18.9 Å². The summed E-state index contributed by atoms with van der Waals surface area (Å²) < 4.78 is 12.2. The fourth-order valence-corrected chi connectivity index (χ4v) is 4.07. The van der Waals surface area contributed by atoms with Gasteiger partial charge in [-0.05, 0) is 69.0 Å². The van der Waals surface area contributed by atoms with Crippen LogP contribution in [0.3, 0.4) is 0 Å². The Labute approximate surface area is 183 Å². The molecule has 1 aromatic heterocycles. The molecule has 150 valence electrons. The molecule has 0 saturated heterocycles. The van der Waals surface area contributed by atoms with Gasteiger partial charge in [0.15, 0.2) is 5.76 Å². The number of benzene rings is 2. The van der Waals surface area contributed by atoms with E-state index in [0.717, 1.165) is 16.9 Å². The molecule has 0 spiro atoms. The number of nitro benzene ring substituents is 1. The van der Waals surface area contributed by atoms with Crippen LogP contribution in [0, 0.1) is 24.0 Å². The average molecular weight is 524 g/mol. The van der Waals surface area contributed by atoms with Gasteiger partial charge in [0.1, 0.15) is 18.1 Å². The van der Waals surface area contributed by atoms with Gasteiger partial charge in [0.2, 0.25) is 0 Å². The summed E-state index contributed by atoms with van der Waals surface area (Å²) in [7, 11) is 0. The summed E-state index contributed by atoms with van der Waals surface area (Å²) >= 11 is 6.47. The van der Waals surface area contributed by atoms with Crippen LogP contribution in [-0.4, -0.2) is 10.8 Å². The quantitative estimate of drug-likeness (QED) is 0.308. The molecule has 0 unspecified atom stereocenters. The molecule has 1 amide bonds. The molecule has 0 fully saturated rings. The van der Waals surface area contributed by atoms with E-state index in [1.165, 1.54) is 12.1 Å². The van der Waals surface area contributed by atoms with E-state index in [1.807, 2.05) is 32.0 Å². The van der Waals surface area contributed by atoms with E-state index in [1.54, 1.807) is 12.1 Å². The first-order valence-corrected chi connectivity index (χ1v) is 10.1. The molecule has 0 atom stereocenters. The molecule has 2 aromatic carbocycles. The summed E-state index contributed by atoms with van der Waals surface area (Å²) in [6.45, 7) is 4.11. The van der Waals surface area contributed by atoms with Crippen LogP contribution < -0.4 is 10.1 Å². The summed E-state index contributed by atoms with van der Waals surface area (Å²) in [6.07, 6.45) is 0. The van der Waals surface area contributed by atoms with Gasteiger partial charge in [0, 0.05) is 21.1 Å². The number of carbonyl (C=O) groups excluding carboxylic acids is 1. The van der Waals surface area contributed by atoms with Crippen molar-refractivity contribution in [1.29, 1.82) is 0 Å². The normalized spacial score (nSPS) is 10.6. The number of para-hydroxylation sites is 1. The number of nitro groups is 1. The van der Waals surface area contributed by atoms with E-state index < -0.39 is 10.8 Å². The van der Waals surface area contributed by atoms with Gasteiger partial charge in [-0.3, -0.25) is 14.9 Å². The first-order valence-electron chi connectivity index (χ1n) is 8.48. The Morgan fingerprint density at radius 1 is 1.14 bits per heavy atom. The molecule has 1 N–H and O–H groups in total. The molecule has 9 heteroatoms. The number of rotatable bonds is 6. The van der Waals surface area contributed by atoms with Gasteiger partial charge in [0.05, 0.1) is 10.6 Å². The van der Waals surface area contributed by atoms with Gasteiger partial charge in [-0.1, -0.05) is 18.2 Å². The fraction of sp³-hybridized carbons (Fsp3) is 0.150. The highest BCUT2D eigenvalue weighted by Crippen LogP contribution is 2.35. The van der Waals surface area contributed by atoms with E-state index in [2.05, 4.69) is 37.2 Å². The van der Waals surface area contributed by atoms with Crippen LogP contribution >= 0.6 is 31.9 Å². The number of hydrogen-bond acceptors (Lipinski definition) is 5. The minimum atomic E-state index is -0.518. The summed E-state index contributed by atoms with van der Waals surface area (Å²) in [5, 5.41) is 13.6.